The molecule has 0 saturated carbocycles. The molecule has 2 aromatic rings. The molecule has 0 unspecified atom stereocenters. The summed E-state index contributed by atoms with van der Waals surface area (Å²) in [6.45, 7) is 4.99. The van der Waals surface area contributed by atoms with Crippen LogP contribution in [0.5, 0.6) is 17.2 Å². The lowest BCUT2D eigenvalue weighted by atomic mass is 10.1. The molecule has 0 bridgehead atoms. The molecule has 6 heteroatoms. The average molecular weight is 304 g/mol. The fourth-order valence-electron chi connectivity index (χ4n) is 2.62. The van der Waals surface area contributed by atoms with Gasteiger partial charge in [-0.25, -0.2) is 4.79 Å². The van der Waals surface area contributed by atoms with Crippen molar-refractivity contribution in [2.75, 3.05) is 20.5 Å². The van der Waals surface area contributed by atoms with Gasteiger partial charge < -0.3 is 18.9 Å². The van der Waals surface area contributed by atoms with Crippen LogP contribution in [0.25, 0.3) is 10.9 Å². The summed E-state index contributed by atoms with van der Waals surface area (Å²) >= 11 is 0. The first-order chi connectivity index (χ1) is 10.7. The van der Waals surface area contributed by atoms with Crippen molar-refractivity contribution in [1.82, 2.24) is 0 Å². The topological polar surface area (TPSA) is 57.9 Å². The van der Waals surface area contributed by atoms with Gasteiger partial charge in [-0.05, 0) is 13.8 Å². The SMILES string of the molecule is CCOC(=O)c1c[n+](CC)c2cc3c(cc2c1OC)OCO3. The van der Waals surface area contributed by atoms with Crippen LogP contribution in [-0.2, 0) is 11.3 Å². The van der Waals surface area contributed by atoms with Crippen molar-refractivity contribution >= 4 is 16.9 Å². The number of methoxy groups -OCH3 is 1. The number of rotatable bonds is 4. The Kier molecular flexibility index (Phi) is 3.75. The van der Waals surface area contributed by atoms with Gasteiger partial charge in [0.2, 0.25) is 12.3 Å². The van der Waals surface area contributed by atoms with Crippen LogP contribution in [0.2, 0.25) is 0 Å². The summed E-state index contributed by atoms with van der Waals surface area (Å²) in [5, 5.41) is 0.791. The Morgan fingerprint density at radius 2 is 2.00 bits per heavy atom. The van der Waals surface area contributed by atoms with Crippen LogP contribution in [0, 0.1) is 0 Å². The van der Waals surface area contributed by atoms with E-state index in [1.165, 1.54) is 0 Å². The van der Waals surface area contributed by atoms with E-state index in [0.29, 0.717) is 36.0 Å². The number of carbonyl (C=O) groups excluding carboxylic acids is 1. The molecule has 0 amide bonds. The highest BCUT2D eigenvalue weighted by molar-refractivity contribution is 5.99. The lowest BCUT2D eigenvalue weighted by molar-refractivity contribution is -0.668. The molecule has 1 aromatic carbocycles. The molecule has 0 saturated heterocycles. The third-order valence-corrected chi connectivity index (χ3v) is 3.61. The largest absolute Gasteiger partial charge is 0.495 e. The molecule has 1 aromatic heterocycles. The highest BCUT2D eigenvalue weighted by Gasteiger charge is 2.27. The van der Waals surface area contributed by atoms with Crippen molar-refractivity contribution < 1.29 is 28.3 Å². The summed E-state index contributed by atoms with van der Waals surface area (Å²) < 4.78 is 23.4. The maximum absolute atomic E-state index is 12.2. The monoisotopic (exact) mass is 304 g/mol. The Morgan fingerprint density at radius 3 is 2.64 bits per heavy atom. The van der Waals surface area contributed by atoms with Crippen LogP contribution in [0.4, 0.5) is 0 Å². The van der Waals surface area contributed by atoms with Gasteiger partial charge in [0.05, 0.1) is 25.2 Å². The van der Waals surface area contributed by atoms with Crippen molar-refractivity contribution in [2.45, 2.75) is 20.4 Å². The molecule has 0 radical (unpaired) electrons. The molecule has 1 aliphatic heterocycles. The number of nitrogens with zero attached hydrogens (tertiary/aromatic N) is 1. The van der Waals surface area contributed by atoms with E-state index >= 15 is 0 Å². The number of aromatic nitrogens is 1. The van der Waals surface area contributed by atoms with E-state index in [-0.39, 0.29) is 6.79 Å². The molecular weight excluding hydrogens is 286 g/mol. The van der Waals surface area contributed by atoms with Gasteiger partial charge in [0.25, 0.3) is 0 Å². The molecule has 2 heterocycles. The van der Waals surface area contributed by atoms with Gasteiger partial charge in [0.15, 0.2) is 29.0 Å². The van der Waals surface area contributed by atoms with E-state index in [4.69, 9.17) is 18.9 Å². The fourth-order valence-corrected chi connectivity index (χ4v) is 2.62. The number of hydrogen-bond acceptors (Lipinski definition) is 5. The number of benzene rings is 1. The molecule has 6 nitrogen and oxygen atoms in total. The third kappa shape index (κ3) is 2.20. The Hall–Kier alpha value is -2.50. The van der Waals surface area contributed by atoms with Gasteiger partial charge in [-0.3, -0.25) is 0 Å². The zero-order valence-corrected chi connectivity index (χ0v) is 12.8. The van der Waals surface area contributed by atoms with Gasteiger partial charge in [-0.15, -0.1) is 0 Å². The van der Waals surface area contributed by atoms with E-state index in [1.807, 2.05) is 23.6 Å². The summed E-state index contributed by atoms with van der Waals surface area (Å²) in [7, 11) is 1.54. The van der Waals surface area contributed by atoms with E-state index in [2.05, 4.69) is 0 Å². The van der Waals surface area contributed by atoms with Crippen molar-refractivity contribution in [3.8, 4) is 17.2 Å². The predicted octanol–water partition coefficient (Wildman–Crippen LogP) is 2.06. The van der Waals surface area contributed by atoms with Crippen molar-refractivity contribution in [1.29, 1.82) is 0 Å². The number of aryl methyl sites for hydroxylation is 1. The second-order valence-electron chi connectivity index (χ2n) is 4.81. The Balaban J connectivity index is 2.29. The van der Waals surface area contributed by atoms with Crippen LogP contribution in [-0.4, -0.2) is 26.5 Å². The molecule has 1 aliphatic rings. The Labute approximate surface area is 128 Å². The standard InChI is InChI=1S/C16H18NO5/c1-4-17-8-11(16(18)20-5-2)15(19-3)10-6-13-14(7-12(10)17)22-9-21-13/h6-8H,4-5,9H2,1-3H3/q+1. The van der Waals surface area contributed by atoms with Crippen LogP contribution in [0.15, 0.2) is 18.3 Å². The van der Waals surface area contributed by atoms with Crippen LogP contribution in [0.1, 0.15) is 24.2 Å². The molecule has 0 fully saturated rings. The summed E-state index contributed by atoms with van der Waals surface area (Å²) in [5.74, 6) is 1.42. The second-order valence-corrected chi connectivity index (χ2v) is 4.81. The molecule has 3 rings (SSSR count). The number of hydrogen-bond donors (Lipinski definition) is 0. The molecular formula is C16H18NO5+. The summed E-state index contributed by atoms with van der Waals surface area (Å²) in [5.41, 5.74) is 1.31. The van der Waals surface area contributed by atoms with E-state index < -0.39 is 5.97 Å². The lowest BCUT2D eigenvalue weighted by Gasteiger charge is -2.11. The van der Waals surface area contributed by atoms with Crippen LogP contribution >= 0.6 is 0 Å². The molecule has 0 aliphatic carbocycles. The normalized spacial score (nSPS) is 12.5. The smallest absolute Gasteiger partial charge is 0.348 e. The van der Waals surface area contributed by atoms with Gasteiger partial charge in [0, 0.05) is 6.07 Å². The minimum Gasteiger partial charge on any atom is -0.495 e. The van der Waals surface area contributed by atoms with Crippen LogP contribution < -0.4 is 18.8 Å². The highest BCUT2D eigenvalue weighted by atomic mass is 16.7. The average Bonchev–Trinajstić information content (AvgIpc) is 2.98. The number of carbonyl (C=O) groups is 1. The summed E-state index contributed by atoms with van der Waals surface area (Å²) in [6.07, 6.45) is 1.75. The lowest BCUT2D eigenvalue weighted by Crippen LogP contribution is -2.34. The number of ether oxygens (including phenoxy) is 4. The fraction of sp³-hybridized carbons (Fsp3) is 0.375. The molecule has 0 spiro atoms. The molecule has 116 valence electrons. The minimum atomic E-state index is -0.402. The Bertz CT molecular complexity index is 741. The van der Waals surface area contributed by atoms with Crippen molar-refractivity contribution in [3.63, 3.8) is 0 Å². The van der Waals surface area contributed by atoms with Crippen molar-refractivity contribution in [2.24, 2.45) is 0 Å². The first-order valence-corrected chi connectivity index (χ1v) is 7.20. The summed E-state index contributed by atoms with van der Waals surface area (Å²) in [6, 6.07) is 3.74. The zero-order chi connectivity index (χ0) is 15.7. The highest BCUT2D eigenvalue weighted by Crippen LogP contribution is 2.39. The second kappa shape index (κ2) is 5.71. The van der Waals surface area contributed by atoms with E-state index in [9.17, 15) is 4.79 Å². The van der Waals surface area contributed by atoms with Gasteiger partial charge in [0.1, 0.15) is 6.54 Å². The van der Waals surface area contributed by atoms with E-state index in [1.54, 1.807) is 20.2 Å². The first-order valence-electron chi connectivity index (χ1n) is 7.20. The maximum Gasteiger partial charge on any atom is 0.348 e. The quantitative estimate of drug-likeness (QED) is 0.639. The summed E-state index contributed by atoms with van der Waals surface area (Å²) in [4.78, 5) is 12.2. The zero-order valence-electron chi connectivity index (χ0n) is 12.8. The molecule has 0 N–H and O–H groups in total. The van der Waals surface area contributed by atoms with Crippen LogP contribution in [0.3, 0.4) is 0 Å². The maximum atomic E-state index is 12.2. The molecule has 0 atom stereocenters. The third-order valence-electron chi connectivity index (χ3n) is 3.61. The van der Waals surface area contributed by atoms with Gasteiger partial charge in [-0.2, -0.15) is 4.57 Å². The van der Waals surface area contributed by atoms with Crippen molar-refractivity contribution in [3.05, 3.63) is 23.9 Å². The van der Waals surface area contributed by atoms with Gasteiger partial charge in [-0.1, -0.05) is 0 Å². The van der Waals surface area contributed by atoms with E-state index in [0.717, 1.165) is 10.9 Å². The minimum absolute atomic E-state index is 0.199. The predicted molar refractivity (Wildman–Crippen MR) is 78.4 cm³/mol. The molecule has 22 heavy (non-hydrogen) atoms. The number of esters is 1. The van der Waals surface area contributed by atoms with Gasteiger partial charge >= 0.3 is 5.97 Å². The number of pyridine rings is 1. The Morgan fingerprint density at radius 1 is 1.27 bits per heavy atom. The number of fused-ring (bicyclic) bond motifs is 2. The first kappa shape index (κ1) is 14.4.